The number of Topliss-reactive ketones (excluding diaryl/α,β-unsaturated/α-hetero) is 1. The molecule has 122 valence electrons. The number of thiazole rings is 1. The average molecular weight is 354 g/mol. The van der Waals surface area contributed by atoms with Gasteiger partial charge in [-0.2, -0.15) is 10.5 Å². The molecule has 0 spiro atoms. The molecule has 3 aromatic rings. The predicted octanol–water partition coefficient (Wildman–Crippen LogP) is 4.01. The quantitative estimate of drug-likeness (QED) is 0.514. The fourth-order valence-corrected chi connectivity index (χ4v) is 3.74. The third-order valence-electron chi connectivity index (χ3n) is 4.05. The maximum Gasteiger partial charge on any atom is 0.194 e. The Labute approximate surface area is 153 Å². The molecule has 1 aliphatic rings. The van der Waals surface area contributed by atoms with E-state index in [9.17, 15) is 15.3 Å². The molecule has 0 bridgehead atoms. The van der Waals surface area contributed by atoms with Crippen LogP contribution in [-0.4, -0.2) is 15.3 Å². The first-order valence-corrected chi connectivity index (χ1v) is 8.54. The lowest BCUT2D eigenvalue weighted by molar-refractivity contribution is 0.104. The van der Waals surface area contributed by atoms with E-state index in [0.717, 1.165) is 10.0 Å². The maximum absolute atomic E-state index is 12.8. The van der Waals surface area contributed by atoms with E-state index >= 15 is 0 Å². The normalized spacial score (nSPS) is 14.2. The lowest BCUT2D eigenvalue weighted by atomic mass is 9.99. The average Bonchev–Trinajstić information content (AvgIpc) is 3.39. The van der Waals surface area contributed by atoms with E-state index in [2.05, 4.69) is 4.98 Å². The van der Waals surface area contributed by atoms with Gasteiger partial charge in [0.05, 0.1) is 0 Å². The molecule has 2 aromatic heterocycles. The Hall–Kier alpha value is -3.74. The summed E-state index contributed by atoms with van der Waals surface area (Å²) >= 11 is 1.42. The molecule has 1 aromatic carbocycles. The molecule has 5 nitrogen and oxygen atoms in total. The van der Waals surface area contributed by atoms with Crippen molar-refractivity contribution in [2.24, 2.45) is 0 Å². The number of benzene rings is 1. The highest BCUT2D eigenvalue weighted by atomic mass is 32.1. The van der Waals surface area contributed by atoms with Gasteiger partial charge in [0.15, 0.2) is 10.9 Å². The Kier molecular flexibility index (Phi) is 3.81. The van der Waals surface area contributed by atoms with Crippen LogP contribution in [0.5, 0.6) is 0 Å². The van der Waals surface area contributed by atoms with Crippen molar-refractivity contribution in [1.82, 2.24) is 9.55 Å². The van der Waals surface area contributed by atoms with Crippen LogP contribution in [0.2, 0.25) is 0 Å². The van der Waals surface area contributed by atoms with Crippen LogP contribution in [-0.2, 0) is 0 Å². The number of ketones is 1. The minimum atomic E-state index is -0.186. The van der Waals surface area contributed by atoms with Crippen LogP contribution in [0.25, 0.3) is 16.8 Å². The van der Waals surface area contributed by atoms with Crippen LogP contribution in [0.4, 0.5) is 0 Å². The zero-order valence-corrected chi connectivity index (χ0v) is 14.2. The van der Waals surface area contributed by atoms with E-state index in [4.69, 9.17) is 0 Å². The number of nitrogens with zero attached hydrogens (tertiary/aromatic N) is 4. The van der Waals surface area contributed by atoms with Gasteiger partial charge in [0, 0.05) is 40.2 Å². The molecule has 0 atom stereocenters. The largest absolute Gasteiger partial charge is 0.300 e. The minimum Gasteiger partial charge on any atom is -0.300 e. The summed E-state index contributed by atoms with van der Waals surface area (Å²) in [7, 11) is 0. The summed E-state index contributed by atoms with van der Waals surface area (Å²) in [5, 5.41) is 19.4. The van der Waals surface area contributed by atoms with Crippen molar-refractivity contribution in [1.29, 1.82) is 10.5 Å². The van der Waals surface area contributed by atoms with E-state index in [0.29, 0.717) is 22.3 Å². The van der Waals surface area contributed by atoms with Gasteiger partial charge in [-0.25, -0.2) is 4.98 Å². The van der Waals surface area contributed by atoms with Crippen molar-refractivity contribution in [2.75, 3.05) is 0 Å². The van der Waals surface area contributed by atoms with Gasteiger partial charge in [-0.05, 0) is 23.8 Å². The molecule has 0 fully saturated rings. The van der Waals surface area contributed by atoms with Crippen LogP contribution >= 0.6 is 11.3 Å². The Morgan fingerprint density at radius 2 is 1.77 bits per heavy atom. The summed E-state index contributed by atoms with van der Waals surface area (Å²) in [6, 6.07) is 14.7. The number of allylic oxidation sites excluding steroid dienone is 3. The van der Waals surface area contributed by atoms with Crippen LogP contribution in [0, 0.1) is 22.7 Å². The number of hydrogen-bond donors (Lipinski definition) is 0. The summed E-state index contributed by atoms with van der Waals surface area (Å²) < 4.78 is 1.88. The summed E-state index contributed by atoms with van der Waals surface area (Å²) in [6.45, 7) is 0. The van der Waals surface area contributed by atoms with Crippen molar-refractivity contribution < 1.29 is 4.79 Å². The minimum absolute atomic E-state index is 0.0651. The highest BCUT2D eigenvalue weighted by Crippen LogP contribution is 2.40. The van der Waals surface area contributed by atoms with E-state index in [1.54, 1.807) is 36.5 Å². The van der Waals surface area contributed by atoms with Crippen molar-refractivity contribution in [3.8, 4) is 17.3 Å². The van der Waals surface area contributed by atoms with Gasteiger partial charge < -0.3 is 4.57 Å². The molecular formula is C20H10N4OS. The predicted molar refractivity (Wildman–Crippen MR) is 98.3 cm³/mol. The summed E-state index contributed by atoms with van der Waals surface area (Å²) in [4.78, 5) is 18.0. The van der Waals surface area contributed by atoms with E-state index in [1.165, 1.54) is 11.3 Å². The molecule has 0 saturated carbocycles. The smallest absolute Gasteiger partial charge is 0.194 e. The lowest BCUT2D eigenvalue weighted by Gasteiger charge is -2.00. The second-order valence-electron chi connectivity index (χ2n) is 5.54. The standard InChI is InChI=1S/C20H10N4OS/c21-10-13(11-22)18-15-5-1-2-6-16(15)19(25)17(18)9-14-12-23-20(26-14)24-7-3-4-8-24/h1-9,12H/b17-9-. The SMILES string of the molecule is N#CC(C#N)=C1/C(=C/c2cnc(-n3cccc3)s2)C(=O)c2ccccc21. The molecule has 26 heavy (non-hydrogen) atoms. The number of nitriles is 2. The second-order valence-corrected chi connectivity index (χ2v) is 6.58. The van der Waals surface area contributed by atoms with Gasteiger partial charge in [0.1, 0.15) is 17.7 Å². The zero-order valence-electron chi connectivity index (χ0n) is 13.4. The number of hydrogen-bond acceptors (Lipinski definition) is 5. The number of aromatic nitrogens is 2. The summed E-state index contributed by atoms with van der Waals surface area (Å²) in [5.74, 6) is -0.186. The van der Waals surface area contributed by atoms with Gasteiger partial charge in [0.2, 0.25) is 0 Å². The third-order valence-corrected chi connectivity index (χ3v) is 5.01. The van der Waals surface area contributed by atoms with Crippen LogP contribution in [0.15, 0.2) is 66.1 Å². The first kappa shape index (κ1) is 15.8. The van der Waals surface area contributed by atoms with Crippen molar-refractivity contribution in [2.45, 2.75) is 0 Å². The zero-order chi connectivity index (χ0) is 18.1. The first-order chi connectivity index (χ1) is 12.7. The van der Waals surface area contributed by atoms with E-state index < -0.39 is 0 Å². The van der Waals surface area contributed by atoms with Crippen LogP contribution in [0.1, 0.15) is 20.8 Å². The van der Waals surface area contributed by atoms with E-state index in [-0.39, 0.29) is 11.4 Å². The number of carbonyl (C=O) groups is 1. The highest BCUT2D eigenvalue weighted by Gasteiger charge is 2.32. The van der Waals surface area contributed by atoms with Crippen molar-refractivity contribution in [3.63, 3.8) is 0 Å². The number of rotatable bonds is 2. The Morgan fingerprint density at radius 1 is 1.08 bits per heavy atom. The molecular weight excluding hydrogens is 344 g/mol. The van der Waals surface area contributed by atoms with Gasteiger partial charge in [0.25, 0.3) is 0 Å². The highest BCUT2D eigenvalue weighted by molar-refractivity contribution is 7.15. The number of carbonyl (C=O) groups excluding carboxylic acids is 1. The van der Waals surface area contributed by atoms with Gasteiger partial charge in [-0.15, -0.1) is 0 Å². The Morgan fingerprint density at radius 3 is 2.46 bits per heavy atom. The molecule has 0 radical (unpaired) electrons. The third kappa shape index (κ3) is 2.46. The van der Waals surface area contributed by atoms with Gasteiger partial charge in [-0.1, -0.05) is 35.6 Å². The topological polar surface area (TPSA) is 82.5 Å². The van der Waals surface area contributed by atoms with Gasteiger partial charge in [-0.3, -0.25) is 4.79 Å². The molecule has 0 amide bonds. The number of fused-ring (bicyclic) bond motifs is 1. The molecule has 4 rings (SSSR count). The molecule has 0 saturated heterocycles. The lowest BCUT2D eigenvalue weighted by Crippen LogP contribution is -1.95. The maximum atomic E-state index is 12.8. The second kappa shape index (κ2) is 6.29. The molecule has 0 N–H and O–H groups in total. The fraction of sp³-hybridized carbons (Fsp3) is 0. The monoisotopic (exact) mass is 354 g/mol. The summed E-state index contributed by atoms with van der Waals surface area (Å²) in [6.07, 6.45) is 7.17. The van der Waals surface area contributed by atoms with Crippen molar-refractivity contribution in [3.05, 3.63) is 82.1 Å². The van der Waals surface area contributed by atoms with Crippen molar-refractivity contribution >= 4 is 28.8 Å². The molecule has 0 unspecified atom stereocenters. The molecule has 6 heteroatoms. The Balaban J connectivity index is 1.87. The molecule has 2 heterocycles. The summed E-state index contributed by atoms with van der Waals surface area (Å²) in [5.41, 5.74) is 1.81. The van der Waals surface area contributed by atoms with Crippen LogP contribution < -0.4 is 0 Å². The first-order valence-electron chi connectivity index (χ1n) is 7.72. The van der Waals surface area contributed by atoms with Gasteiger partial charge >= 0.3 is 0 Å². The van der Waals surface area contributed by atoms with E-state index in [1.807, 2.05) is 41.2 Å². The molecule has 1 aliphatic carbocycles. The van der Waals surface area contributed by atoms with Crippen LogP contribution in [0.3, 0.4) is 0 Å². The Bertz CT molecular complexity index is 1150. The fourth-order valence-electron chi connectivity index (χ4n) is 2.91. The molecule has 0 aliphatic heterocycles.